The van der Waals surface area contributed by atoms with Crippen molar-refractivity contribution in [3.63, 3.8) is 0 Å². The number of nitrogens with one attached hydrogen (secondary N) is 1. The Kier molecular flexibility index (Phi) is 8.08. The molecule has 3 rings (SSSR count). The molecule has 30 heavy (non-hydrogen) atoms. The molecule has 4 nitrogen and oxygen atoms in total. The molecule has 0 bridgehead atoms. The molecule has 2 N–H and O–H groups in total. The highest BCUT2D eigenvalue weighted by atomic mass is 19.4. The van der Waals surface area contributed by atoms with Crippen molar-refractivity contribution >= 4 is 11.6 Å². The van der Waals surface area contributed by atoms with Crippen LogP contribution in [0.25, 0.3) is 0 Å². The standard InChI is InChI=1S/C11H11F4N.C11H15NO2/c12-10-4-3-8(16-5-1-2-6-16)7-9(10)11(13,14)15;1-3-12-11(14)8(2)9-4-6-10(13)7-5-9/h3-4,7H,1-2,5-6H2;4-8,13H,3H2,1-2H3,(H,12,14). The van der Waals surface area contributed by atoms with Gasteiger partial charge in [0.2, 0.25) is 5.91 Å². The molecule has 1 amide bonds. The van der Waals surface area contributed by atoms with Gasteiger partial charge in [-0.15, -0.1) is 0 Å². The second-order valence-corrected chi connectivity index (χ2v) is 7.06. The summed E-state index contributed by atoms with van der Waals surface area (Å²) < 4.78 is 50.4. The Morgan fingerprint density at radius 2 is 1.73 bits per heavy atom. The number of benzene rings is 2. The van der Waals surface area contributed by atoms with Crippen LogP contribution in [0.2, 0.25) is 0 Å². The summed E-state index contributed by atoms with van der Waals surface area (Å²) in [6.45, 7) is 5.85. The quantitative estimate of drug-likeness (QED) is 0.671. The maximum absolute atomic E-state index is 13.0. The monoisotopic (exact) mass is 426 g/mol. The molecule has 0 aromatic heterocycles. The number of hydrogen-bond donors (Lipinski definition) is 2. The molecule has 2 aromatic rings. The van der Waals surface area contributed by atoms with Crippen LogP contribution in [0.15, 0.2) is 42.5 Å². The summed E-state index contributed by atoms with van der Waals surface area (Å²) in [5.74, 6) is -1.15. The number of likely N-dealkylation sites (N-methyl/N-ethyl adjacent to an activating group) is 1. The van der Waals surface area contributed by atoms with Gasteiger partial charge in [0.25, 0.3) is 0 Å². The molecule has 8 heteroatoms. The van der Waals surface area contributed by atoms with E-state index in [1.807, 2.05) is 18.7 Å². The molecule has 0 saturated carbocycles. The zero-order chi connectivity index (χ0) is 22.3. The van der Waals surface area contributed by atoms with E-state index in [-0.39, 0.29) is 17.6 Å². The second-order valence-electron chi connectivity index (χ2n) is 7.06. The van der Waals surface area contributed by atoms with Crippen molar-refractivity contribution in [2.45, 2.75) is 38.8 Å². The van der Waals surface area contributed by atoms with Crippen LogP contribution in [0.4, 0.5) is 23.2 Å². The Labute approximate surface area is 173 Å². The summed E-state index contributed by atoms with van der Waals surface area (Å²) in [6, 6.07) is 9.87. The number of rotatable bonds is 4. The lowest BCUT2D eigenvalue weighted by atomic mass is 10.0. The number of phenols is 1. The van der Waals surface area contributed by atoms with Gasteiger partial charge < -0.3 is 15.3 Å². The first-order chi connectivity index (χ1) is 14.1. The highest BCUT2D eigenvalue weighted by Gasteiger charge is 2.34. The van der Waals surface area contributed by atoms with Crippen LogP contribution in [0.1, 0.15) is 43.7 Å². The van der Waals surface area contributed by atoms with Crippen LogP contribution in [0.5, 0.6) is 5.75 Å². The number of nitrogens with zero attached hydrogens (tertiary/aromatic N) is 1. The van der Waals surface area contributed by atoms with Crippen LogP contribution < -0.4 is 10.2 Å². The average molecular weight is 426 g/mol. The third-order valence-corrected chi connectivity index (χ3v) is 4.86. The minimum atomic E-state index is -4.63. The number of hydrogen-bond acceptors (Lipinski definition) is 3. The van der Waals surface area contributed by atoms with Gasteiger partial charge in [-0.25, -0.2) is 4.39 Å². The Balaban J connectivity index is 0.000000216. The Hall–Kier alpha value is -2.77. The van der Waals surface area contributed by atoms with E-state index in [0.29, 0.717) is 12.2 Å². The molecule has 0 spiro atoms. The van der Waals surface area contributed by atoms with Crippen molar-refractivity contribution in [1.29, 1.82) is 0 Å². The predicted octanol–water partition coefficient (Wildman–Crippen LogP) is 5.08. The smallest absolute Gasteiger partial charge is 0.419 e. The van der Waals surface area contributed by atoms with E-state index in [9.17, 15) is 22.4 Å². The van der Waals surface area contributed by atoms with E-state index in [0.717, 1.165) is 43.6 Å². The van der Waals surface area contributed by atoms with E-state index in [1.54, 1.807) is 24.3 Å². The molecule has 164 valence electrons. The van der Waals surface area contributed by atoms with Gasteiger partial charge in [-0.1, -0.05) is 12.1 Å². The minimum absolute atomic E-state index is 0.0122. The summed E-state index contributed by atoms with van der Waals surface area (Å²) in [4.78, 5) is 13.3. The van der Waals surface area contributed by atoms with Gasteiger partial charge >= 0.3 is 6.18 Å². The molecule has 1 saturated heterocycles. The zero-order valence-electron chi connectivity index (χ0n) is 17.0. The lowest BCUT2D eigenvalue weighted by molar-refractivity contribution is -0.140. The number of halogens is 4. The fourth-order valence-corrected chi connectivity index (χ4v) is 3.14. The van der Waals surface area contributed by atoms with E-state index in [2.05, 4.69) is 5.32 Å². The van der Waals surface area contributed by atoms with Crippen LogP contribution >= 0.6 is 0 Å². The first kappa shape index (κ1) is 23.5. The Morgan fingerprint density at radius 1 is 1.13 bits per heavy atom. The third kappa shape index (κ3) is 6.37. The van der Waals surface area contributed by atoms with E-state index in [4.69, 9.17) is 5.11 Å². The molecule has 1 unspecified atom stereocenters. The molecule has 0 aliphatic carbocycles. The lowest BCUT2D eigenvalue weighted by Gasteiger charge is -2.19. The second kappa shape index (κ2) is 10.3. The number of alkyl halides is 3. The van der Waals surface area contributed by atoms with Crippen molar-refractivity contribution in [3.8, 4) is 5.75 Å². The molecule has 2 aromatic carbocycles. The maximum atomic E-state index is 13.0. The molecule has 1 heterocycles. The first-order valence-electron chi connectivity index (χ1n) is 9.81. The summed E-state index contributed by atoms with van der Waals surface area (Å²) in [5, 5.41) is 11.8. The summed E-state index contributed by atoms with van der Waals surface area (Å²) in [7, 11) is 0. The molecule has 1 aliphatic rings. The van der Waals surface area contributed by atoms with Crippen LogP contribution in [-0.4, -0.2) is 30.6 Å². The van der Waals surface area contributed by atoms with Crippen LogP contribution in [-0.2, 0) is 11.0 Å². The summed E-state index contributed by atoms with van der Waals surface area (Å²) >= 11 is 0. The van der Waals surface area contributed by atoms with Crippen molar-refractivity contribution in [3.05, 3.63) is 59.4 Å². The minimum Gasteiger partial charge on any atom is -0.508 e. The lowest BCUT2D eigenvalue weighted by Crippen LogP contribution is -2.27. The zero-order valence-corrected chi connectivity index (χ0v) is 17.0. The van der Waals surface area contributed by atoms with Gasteiger partial charge in [0.1, 0.15) is 11.6 Å². The molecular weight excluding hydrogens is 400 g/mol. The van der Waals surface area contributed by atoms with Gasteiger partial charge in [0, 0.05) is 25.3 Å². The number of anilines is 1. The van der Waals surface area contributed by atoms with E-state index >= 15 is 0 Å². The van der Waals surface area contributed by atoms with Crippen LogP contribution in [0.3, 0.4) is 0 Å². The van der Waals surface area contributed by atoms with Gasteiger partial charge in [-0.3, -0.25) is 4.79 Å². The number of phenolic OH excluding ortho intramolecular Hbond substituents is 1. The van der Waals surface area contributed by atoms with Gasteiger partial charge in [0.15, 0.2) is 0 Å². The largest absolute Gasteiger partial charge is 0.508 e. The Bertz CT molecular complexity index is 832. The number of amides is 1. The third-order valence-electron chi connectivity index (χ3n) is 4.86. The SMILES string of the molecule is CCNC(=O)C(C)c1ccc(O)cc1.Fc1ccc(N2CCCC2)cc1C(F)(F)F. The maximum Gasteiger partial charge on any atom is 0.419 e. The van der Waals surface area contributed by atoms with E-state index < -0.39 is 17.6 Å². The highest BCUT2D eigenvalue weighted by molar-refractivity contribution is 5.83. The topological polar surface area (TPSA) is 52.6 Å². The Morgan fingerprint density at radius 3 is 2.27 bits per heavy atom. The van der Waals surface area contributed by atoms with Crippen molar-refractivity contribution in [2.24, 2.45) is 0 Å². The number of carbonyl (C=O) groups is 1. The fourth-order valence-electron chi connectivity index (χ4n) is 3.14. The van der Waals surface area contributed by atoms with Gasteiger partial charge in [-0.2, -0.15) is 13.2 Å². The molecule has 1 aliphatic heterocycles. The van der Waals surface area contributed by atoms with Crippen molar-refractivity contribution < 1.29 is 27.5 Å². The highest BCUT2D eigenvalue weighted by Crippen LogP contribution is 2.34. The fraction of sp³-hybridized carbons (Fsp3) is 0.409. The molecule has 1 fully saturated rings. The predicted molar refractivity (Wildman–Crippen MR) is 108 cm³/mol. The summed E-state index contributed by atoms with van der Waals surface area (Å²) in [5.41, 5.74) is 0.178. The first-order valence-corrected chi connectivity index (χ1v) is 9.81. The van der Waals surface area contributed by atoms with E-state index in [1.165, 1.54) is 6.07 Å². The van der Waals surface area contributed by atoms with Crippen molar-refractivity contribution in [1.82, 2.24) is 5.32 Å². The molecule has 0 radical (unpaired) electrons. The summed E-state index contributed by atoms with van der Waals surface area (Å²) in [6.07, 6.45) is -2.68. The number of carbonyl (C=O) groups excluding carboxylic acids is 1. The molecular formula is C22H26F4N2O2. The normalized spacial score (nSPS) is 14.7. The number of aromatic hydroxyl groups is 1. The van der Waals surface area contributed by atoms with Gasteiger partial charge in [-0.05, 0) is 62.6 Å². The van der Waals surface area contributed by atoms with Crippen LogP contribution in [0, 0.1) is 5.82 Å². The van der Waals surface area contributed by atoms with Gasteiger partial charge in [0.05, 0.1) is 11.5 Å². The average Bonchev–Trinajstić information content (AvgIpc) is 3.23. The molecule has 1 atom stereocenters. The van der Waals surface area contributed by atoms with Crippen molar-refractivity contribution in [2.75, 3.05) is 24.5 Å².